The van der Waals surface area contributed by atoms with E-state index in [0.29, 0.717) is 5.57 Å². The quantitative estimate of drug-likeness (QED) is 0.572. The van der Waals surface area contributed by atoms with E-state index >= 15 is 0 Å². The first-order valence-electron chi connectivity index (χ1n) is 5.45. The molecule has 0 spiro atoms. The van der Waals surface area contributed by atoms with Crippen LogP contribution < -0.4 is 11.2 Å². The summed E-state index contributed by atoms with van der Waals surface area (Å²) in [6.45, 7) is 5.81. The molecule has 0 unspecified atom stereocenters. The highest BCUT2D eigenvalue weighted by Crippen LogP contribution is 2.24. The van der Waals surface area contributed by atoms with Crippen LogP contribution in [0.5, 0.6) is 0 Å². The molecule has 0 aromatic rings. The first kappa shape index (κ1) is 13.2. The molecule has 0 aromatic heterocycles. The molecule has 0 aliphatic heterocycles. The van der Waals surface area contributed by atoms with Crippen LogP contribution in [-0.2, 0) is 4.79 Å². The smallest absolute Gasteiger partial charge is 0.332 e. The SMILES string of the molecule is CC1=C(/C=N\NC(N)=O)C(=O)[C@H](C(C)C)C=C1. The summed E-state index contributed by atoms with van der Waals surface area (Å²) < 4.78 is 0. The van der Waals surface area contributed by atoms with Gasteiger partial charge in [-0.15, -0.1) is 0 Å². The fraction of sp³-hybridized carbons (Fsp3) is 0.417. The number of urea groups is 1. The lowest BCUT2D eigenvalue weighted by Crippen LogP contribution is -2.27. The van der Waals surface area contributed by atoms with E-state index in [0.717, 1.165) is 5.57 Å². The Kier molecular flexibility index (Phi) is 4.20. The van der Waals surface area contributed by atoms with E-state index in [2.05, 4.69) is 10.5 Å². The first-order valence-corrected chi connectivity index (χ1v) is 5.45. The van der Waals surface area contributed by atoms with Crippen molar-refractivity contribution in [3.05, 3.63) is 23.3 Å². The number of rotatable bonds is 3. The molecule has 1 rings (SSSR count). The molecule has 17 heavy (non-hydrogen) atoms. The van der Waals surface area contributed by atoms with Crippen molar-refractivity contribution in [2.45, 2.75) is 20.8 Å². The summed E-state index contributed by atoms with van der Waals surface area (Å²) in [7, 11) is 0. The van der Waals surface area contributed by atoms with Crippen LogP contribution in [-0.4, -0.2) is 18.0 Å². The number of primary amides is 1. The van der Waals surface area contributed by atoms with Gasteiger partial charge in [-0.3, -0.25) is 4.79 Å². The molecule has 92 valence electrons. The monoisotopic (exact) mass is 235 g/mol. The molecule has 0 aromatic carbocycles. The van der Waals surface area contributed by atoms with Gasteiger partial charge in [0, 0.05) is 11.5 Å². The van der Waals surface area contributed by atoms with Crippen molar-refractivity contribution < 1.29 is 9.59 Å². The van der Waals surface area contributed by atoms with Gasteiger partial charge in [-0.1, -0.05) is 26.0 Å². The van der Waals surface area contributed by atoms with Crippen LogP contribution in [0.1, 0.15) is 20.8 Å². The number of nitrogens with two attached hydrogens (primary N) is 1. The van der Waals surface area contributed by atoms with E-state index in [4.69, 9.17) is 5.73 Å². The van der Waals surface area contributed by atoms with Crippen LogP contribution in [0.25, 0.3) is 0 Å². The van der Waals surface area contributed by atoms with Crippen molar-refractivity contribution in [3.8, 4) is 0 Å². The van der Waals surface area contributed by atoms with Crippen molar-refractivity contribution in [1.82, 2.24) is 5.43 Å². The van der Waals surface area contributed by atoms with Crippen molar-refractivity contribution in [1.29, 1.82) is 0 Å². The molecule has 1 aliphatic carbocycles. The van der Waals surface area contributed by atoms with E-state index in [1.807, 2.05) is 32.9 Å². The Balaban J connectivity index is 2.88. The summed E-state index contributed by atoms with van der Waals surface area (Å²) in [6.07, 6.45) is 5.15. The molecule has 0 saturated carbocycles. The van der Waals surface area contributed by atoms with Crippen LogP contribution in [0, 0.1) is 11.8 Å². The van der Waals surface area contributed by atoms with Gasteiger partial charge in [0.05, 0.1) is 6.21 Å². The maximum absolute atomic E-state index is 12.1. The molecule has 0 saturated heterocycles. The summed E-state index contributed by atoms with van der Waals surface area (Å²) in [4.78, 5) is 22.6. The summed E-state index contributed by atoms with van der Waals surface area (Å²) >= 11 is 0. The zero-order valence-electron chi connectivity index (χ0n) is 10.2. The fourth-order valence-corrected chi connectivity index (χ4v) is 1.65. The Labute approximate surface area is 100 Å². The minimum absolute atomic E-state index is 0.0232. The maximum atomic E-state index is 12.1. The highest BCUT2D eigenvalue weighted by atomic mass is 16.2. The number of carbonyl (C=O) groups is 2. The summed E-state index contributed by atoms with van der Waals surface area (Å²) in [5, 5.41) is 3.63. The van der Waals surface area contributed by atoms with Crippen LogP contribution in [0.2, 0.25) is 0 Å². The van der Waals surface area contributed by atoms with Crippen molar-refractivity contribution in [2.24, 2.45) is 22.7 Å². The molecule has 5 nitrogen and oxygen atoms in total. The molecule has 0 bridgehead atoms. The van der Waals surface area contributed by atoms with Gasteiger partial charge in [0.15, 0.2) is 5.78 Å². The van der Waals surface area contributed by atoms with Crippen LogP contribution in [0.15, 0.2) is 28.4 Å². The largest absolute Gasteiger partial charge is 0.350 e. The third-order valence-electron chi connectivity index (χ3n) is 2.63. The van der Waals surface area contributed by atoms with E-state index in [9.17, 15) is 9.59 Å². The number of Topliss-reactive ketones (excluding diaryl/α,β-unsaturated/α-hetero) is 1. The highest BCUT2D eigenvalue weighted by molar-refractivity contribution is 6.16. The zero-order valence-corrected chi connectivity index (χ0v) is 10.2. The van der Waals surface area contributed by atoms with Gasteiger partial charge in [0.2, 0.25) is 0 Å². The number of nitrogens with zero attached hydrogens (tertiary/aromatic N) is 1. The molecule has 3 N–H and O–H groups in total. The van der Waals surface area contributed by atoms with E-state index in [-0.39, 0.29) is 17.6 Å². The minimum atomic E-state index is -0.751. The van der Waals surface area contributed by atoms with Gasteiger partial charge >= 0.3 is 6.03 Å². The Morgan fingerprint density at radius 3 is 2.76 bits per heavy atom. The summed E-state index contributed by atoms with van der Waals surface area (Å²) in [5.74, 6) is 0.128. The number of ketones is 1. The predicted molar refractivity (Wildman–Crippen MR) is 66.4 cm³/mol. The third kappa shape index (κ3) is 3.27. The van der Waals surface area contributed by atoms with Crippen molar-refractivity contribution >= 4 is 18.0 Å². The Morgan fingerprint density at radius 1 is 1.59 bits per heavy atom. The molecule has 1 atom stereocenters. The van der Waals surface area contributed by atoms with E-state index in [1.165, 1.54) is 6.21 Å². The average molecular weight is 235 g/mol. The maximum Gasteiger partial charge on any atom is 0.332 e. The van der Waals surface area contributed by atoms with Gasteiger partial charge < -0.3 is 5.73 Å². The Bertz CT molecular complexity index is 419. The number of amides is 2. The number of hydrogen-bond donors (Lipinski definition) is 2. The molecule has 5 heteroatoms. The molecule has 0 heterocycles. The number of allylic oxidation sites excluding steroid dienone is 4. The normalized spacial score (nSPS) is 20.5. The van der Waals surface area contributed by atoms with Gasteiger partial charge in [0.1, 0.15) is 0 Å². The second-order valence-corrected chi connectivity index (χ2v) is 4.32. The Hall–Kier alpha value is -1.91. The van der Waals surface area contributed by atoms with Gasteiger partial charge in [0.25, 0.3) is 0 Å². The molecular formula is C12H17N3O2. The zero-order chi connectivity index (χ0) is 13.0. The van der Waals surface area contributed by atoms with E-state index < -0.39 is 6.03 Å². The fourth-order valence-electron chi connectivity index (χ4n) is 1.65. The van der Waals surface area contributed by atoms with Crippen molar-refractivity contribution in [3.63, 3.8) is 0 Å². The predicted octanol–water partition coefficient (Wildman–Crippen LogP) is 1.37. The molecule has 0 fully saturated rings. The Morgan fingerprint density at radius 2 is 2.24 bits per heavy atom. The lowest BCUT2D eigenvalue weighted by Gasteiger charge is -2.20. The first-order chi connectivity index (χ1) is 7.93. The topological polar surface area (TPSA) is 84.5 Å². The van der Waals surface area contributed by atoms with E-state index in [1.54, 1.807) is 0 Å². The standard InChI is InChI=1S/C12H17N3O2/c1-7(2)9-5-4-8(3)10(11(9)16)6-14-15-12(13)17/h4-7,9H,1-3H3,(H3,13,15,17)/b14-6-/t9-/m0/s1. The van der Waals surface area contributed by atoms with Crippen LogP contribution in [0.4, 0.5) is 4.79 Å². The number of carbonyl (C=O) groups excluding carboxylic acids is 2. The highest BCUT2D eigenvalue weighted by Gasteiger charge is 2.25. The van der Waals surface area contributed by atoms with Crippen LogP contribution >= 0.6 is 0 Å². The number of nitrogens with one attached hydrogen (secondary N) is 1. The summed E-state index contributed by atoms with van der Waals surface area (Å²) in [5.41, 5.74) is 8.30. The number of hydrazone groups is 1. The minimum Gasteiger partial charge on any atom is -0.350 e. The second-order valence-electron chi connectivity index (χ2n) is 4.32. The second kappa shape index (κ2) is 5.43. The molecule has 2 amide bonds. The van der Waals surface area contributed by atoms with Crippen LogP contribution in [0.3, 0.4) is 0 Å². The van der Waals surface area contributed by atoms with Gasteiger partial charge in [-0.2, -0.15) is 5.10 Å². The summed E-state index contributed by atoms with van der Waals surface area (Å²) in [6, 6.07) is -0.751. The molecular weight excluding hydrogens is 218 g/mol. The lowest BCUT2D eigenvalue weighted by atomic mass is 9.82. The van der Waals surface area contributed by atoms with Gasteiger partial charge in [-0.25, -0.2) is 10.2 Å². The average Bonchev–Trinajstić information content (AvgIpc) is 2.21. The number of hydrogen-bond acceptors (Lipinski definition) is 3. The molecule has 0 radical (unpaired) electrons. The molecule has 1 aliphatic rings. The van der Waals surface area contributed by atoms with Gasteiger partial charge in [-0.05, 0) is 18.4 Å². The lowest BCUT2D eigenvalue weighted by molar-refractivity contribution is -0.118. The van der Waals surface area contributed by atoms with Crippen molar-refractivity contribution in [2.75, 3.05) is 0 Å². The third-order valence-corrected chi connectivity index (χ3v) is 2.63.